The number of aromatic nitrogens is 1. The van der Waals surface area contributed by atoms with E-state index in [1.807, 2.05) is 36.4 Å². The summed E-state index contributed by atoms with van der Waals surface area (Å²) >= 11 is 0. The van der Waals surface area contributed by atoms with Gasteiger partial charge >= 0.3 is 0 Å². The van der Waals surface area contributed by atoms with Crippen LogP contribution in [0.15, 0.2) is 42.6 Å². The monoisotopic (exact) mass is 340 g/mol. The topological polar surface area (TPSA) is 80.7 Å². The minimum atomic E-state index is -0.276. The predicted molar refractivity (Wildman–Crippen MR) is 90.1 cm³/mol. The molecule has 0 saturated heterocycles. The molecule has 4 rings (SSSR count). The van der Waals surface area contributed by atoms with E-state index in [9.17, 15) is 9.90 Å². The number of pyridine rings is 1. The molecule has 1 unspecified atom stereocenters. The number of rotatable bonds is 5. The number of amides is 1. The van der Waals surface area contributed by atoms with Crippen LogP contribution in [0.3, 0.4) is 0 Å². The Bertz CT molecular complexity index is 759. The normalized spacial score (nSPS) is 22.1. The second-order valence-electron chi connectivity index (χ2n) is 6.55. The average molecular weight is 340 g/mol. The Kier molecular flexibility index (Phi) is 4.28. The number of benzene rings is 1. The third kappa shape index (κ3) is 3.44. The quantitative estimate of drug-likeness (QED) is 0.870. The van der Waals surface area contributed by atoms with E-state index in [4.69, 9.17) is 9.47 Å². The summed E-state index contributed by atoms with van der Waals surface area (Å²) < 4.78 is 10.6. The average Bonchev–Trinajstić information content (AvgIpc) is 3.06. The van der Waals surface area contributed by atoms with Crippen molar-refractivity contribution in [1.29, 1.82) is 0 Å². The highest BCUT2D eigenvalue weighted by Gasteiger charge is 2.36. The molecule has 2 aliphatic rings. The van der Waals surface area contributed by atoms with Crippen LogP contribution in [0.25, 0.3) is 0 Å². The van der Waals surface area contributed by atoms with Crippen LogP contribution in [0.4, 0.5) is 0 Å². The SMILES string of the molecule is O=C(Cc1ccc2c(c1)OCO2)NC(c1ccccn1)C1CC(O)C1. The summed E-state index contributed by atoms with van der Waals surface area (Å²) in [6, 6.07) is 11.0. The van der Waals surface area contributed by atoms with E-state index in [-0.39, 0.29) is 37.2 Å². The molecule has 1 saturated carbocycles. The Labute approximate surface area is 145 Å². The fraction of sp³-hybridized carbons (Fsp3) is 0.368. The van der Waals surface area contributed by atoms with Crippen LogP contribution in [-0.4, -0.2) is 28.9 Å². The molecular formula is C19H20N2O4. The van der Waals surface area contributed by atoms with Gasteiger partial charge in [-0.3, -0.25) is 9.78 Å². The zero-order valence-electron chi connectivity index (χ0n) is 13.7. The van der Waals surface area contributed by atoms with Crippen molar-refractivity contribution < 1.29 is 19.4 Å². The first kappa shape index (κ1) is 15.9. The van der Waals surface area contributed by atoms with E-state index in [0.717, 1.165) is 11.3 Å². The molecule has 25 heavy (non-hydrogen) atoms. The number of carbonyl (C=O) groups is 1. The van der Waals surface area contributed by atoms with E-state index in [2.05, 4.69) is 10.3 Å². The molecule has 2 heterocycles. The Morgan fingerprint density at radius 2 is 2.08 bits per heavy atom. The van der Waals surface area contributed by atoms with Gasteiger partial charge in [0.2, 0.25) is 12.7 Å². The summed E-state index contributed by atoms with van der Waals surface area (Å²) in [6.07, 6.45) is 3.08. The van der Waals surface area contributed by atoms with Crippen molar-refractivity contribution in [3.05, 3.63) is 53.9 Å². The van der Waals surface area contributed by atoms with Crippen molar-refractivity contribution in [3.8, 4) is 11.5 Å². The Hall–Kier alpha value is -2.60. The highest BCUT2D eigenvalue weighted by molar-refractivity contribution is 5.79. The van der Waals surface area contributed by atoms with E-state index in [1.165, 1.54) is 0 Å². The number of nitrogens with one attached hydrogen (secondary N) is 1. The van der Waals surface area contributed by atoms with E-state index in [1.54, 1.807) is 6.20 Å². The zero-order chi connectivity index (χ0) is 17.2. The van der Waals surface area contributed by atoms with Gasteiger partial charge in [0, 0.05) is 6.20 Å². The fourth-order valence-electron chi connectivity index (χ4n) is 3.36. The number of hydrogen-bond acceptors (Lipinski definition) is 5. The first-order chi connectivity index (χ1) is 12.2. The van der Waals surface area contributed by atoms with Crippen molar-refractivity contribution in [2.45, 2.75) is 31.4 Å². The Morgan fingerprint density at radius 1 is 1.24 bits per heavy atom. The van der Waals surface area contributed by atoms with E-state index in [0.29, 0.717) is 24.3 Å². The molecule has 1 fully saturated rings. The lowest BCUT2D eigenvalue weighted by molar-refractivity contribution is -0.122. The second kappa shape index (κ2) is 6.72. The maximum Gasteiger partial charge on any atom is 0.231 e. The number of hydrogen-bond donors (Lipinski definition) is 2. The number of nitrogens with zero attached hydrogens (tertiary/aromatic N) is 1. The van der Waals surface area contributed by atoms with Gasteiger partial charge in [0.25, 0.3) is 0 Å². The van der Waals surface area contributed by atoms with Crippen molar-refractivity contribution in [2.75, 3.05) is 6.79 Å². The van der Waals surface area contributed by atoms with Gasteiger partial charge in [-0.15, -0.1) is 0 Å². The van der Waals surface area contributed by atoms with Gasteiger partial charge in [-0.2, -0.15) is 0 Å². The molecule has 1 aliphatic carbocycles. The van der Waals surface area contributed by atoms with Crippen LogP contribution in [0.2, 0.25) is 0 Å². The number of aliphatic hydroxyl groups is 1. The molecule has 1 aliphatic heterocycles. The summed E-state index contributed by atoms with van der Waals surface area (Å²) in [5, 5.41) is 12.7. The number of aliphatic hydroxyl groups excluding tert-OH is 1. The maximum absolute atomic E-state index is 12.5. The van der Waals surface area contributed by atoms with Gasteiger partial charge in [0.15, 0.2) is 11.5 Å². The molecule has 1 atom stereocenters. The van der Waals surface area contributed by atoms with E-state index < -0.39 is 0 Å². The van der Waals surface area contributed by atoms with Gasteiger partial charge in [-0.1, -0.05) is 12.1 Å². The minimum Gasteiger partial charge on any atom is -0.454 e. The second-order valence-corrected chi connectivity index (χ2v) is 6.55. The largest absolute Gasteiger partial charge is 0.454 e. The molecule has 1 aromatic heterocycles. The number of carbonyl (C=O) groups excluding carboxylic acids is 1. The first-order valence-electron chi connectivity index (χ1n) is 8.46. The van der Waals surface area contributed by atoms with Crippen LogP contribution in [0.1, 0.15) is 30.1 Å². The van der Waals surface area contributed by atoms with Crippen LogP contribution in [0.5, 0.6) is 11.5 Å². The van der Waals surface area contributed by atoms with E-state index >= 15 is 0 Å². The minimum absolute atomic E-state index is 0.0732. The summed E-state index contributed by atoms with van der Waals surface area (Å²) in [6.45, 7) is 0.219. The summed E-state index contributed by atoms with van der Waals surface area (Å²) in [7, 11) is 0. The molecule has 6 nitrogen and oxygen atoms in total. The fourth-order valence-corrected chi connectivity index (χ4v) is 3.36. The molecular weight excluding hydrogens is 320 g/mol. The third-order valence-electron chi connectivity index (χ3n) is 4.75. The molecule has 0 spiro atoms. The zero-order valence-corrected chi connectivity index (χ0v) is 13.7. The lowest BCUT2D eigenvalue weighted by Gasteiger charge is -2.37. The van der Waals surface area contributed by atoms with Gasteiger partial charge < -0.3 is 19.9 Å². The van der Waals surface area contributed by atoms with Crippen LogP contribution in [0, 0.1) is 5.92 Å². The van der Waals surface area contributed by atoms with Crippen molar-refractivity contribution in [1.82, 2.24) is 10.3 Å². The van der Waals surface area contributed by atoms with Crippen molar-refractivity contribution in [3.63, 3.8) is 0 Å². The summed E-state index contributed by atoms with van der Waals surface area (Å²) in [5.41, 5.74) is 1.70. The Morgan fingerprint density at radius 3 is 2.84 bits per heavy atom. The highest BCUT2D eigenvalue weighted by Crippen LogP contribution is 2.37. The molecule has 2 N–H and O–H groups in total. The molecule has 6 heteroatoms. The number of ether oxygens (including phenoxy) is 2. The summed E-state index contributed by atoms with van der Waals surface area (Å²) in [4.78, 5) is 16.9. The molecule has 0 radical (unpaired) electrons. The maximum atomic E-state index is 12.5. The summed E-state index contributed by atoms with van der Waals surface area (Å²) in [5.74, 6) is 1.52. The van der Waals surface area contributed by atoms with Crippen molar-refractivity contribution in [2.24, 2.45) is 5.92 Å². The van der Waals surface area contributed by atoms with Crippen LogP contribution >= 0.6 is 0 Å². The van der Waals surface area contributed by atoms with Crippen LogP contribution < -0.4 is 14.8 Å². The van der Waals surface area contributed by atoms with Gasteiger partial charge in [0.1, 0.15) is 0 Å². The smallest absolute Gasteiger partial charge is 0.231 e. The Balaban J connectivity index is 1.45. The molecule has 0 bridgehead atoms. The van der Waals surface area contributed by atoms with Gasteiger partial charge in [-0.25, -0.2) is 0 Å². The third-order valence-corrected chi connectivity index (χ3v) is 4.75. The predicted octanol–water partition coefficient (Wildman–Crippen LogP) is 1.98. The van der Waals surface area contributed by atoms with Crippen molar-refractivity contribution >= 4 is 5.91 Å². The highest BCUT2D eigenvalue weighted by atomic mass is 16.7. The molecule has 130 valence electrons. The first-order valence-corrected chi connectivity index (χ1v) is 8.46. The molecule has 2 aromatic rings. The molecule has 1 aromatic carbocycles. The van der Waals surface area contributed by atoms with Gasteiger partial charge in [-0.05, 0) is 48.6 Å². The lowest BCUT2D eigenvalue weighted by Crippen LogP contribution is -2.42. The van der Waals surface area contributed by atoms with Crippen LogP contribution in [-0.2, 0) is 11.2 Å². The number of fused-ring (bicyclic) bond motifs is 1. The molecule has 1 amide bonds. The lowest BCUT2D eigenvalue weighted by atomic mass is 9.76. The van der Waals surface area contributed by atoms with Gasteiger partial charge in [0.05, 0.1) is 24.3 Å². The standard InChI is InChI=1S/C19H20N2O4/c22-14-9-13(10-14)19(15-3-1-2-6-20-15)21-18(23)8-12-4-5-16-17(7-12)25-11-24-16/h1-7,13-14,19,22H,8-11H2,(H,21,23).